The van der Waals surface area contributed by atoms with Gasteiger partial charge in [0.2, 0.25) is 0 Å². The Hall–Kier alpha value is -3.67. The fourth-order valence-electron chi connectivity index (χ4n) is 3.67. The minimum absolute atomic E-state index is 0.00699. The number of hydrogen-bond donors (Lipinski definition) is 1. The van der Waals surface area contributed by atoms with Gasteiger partial charge in [0.15, 0.2) is 16.2 Å². The van der Waals surface area contributed by atoms with E-state index in [-0.39, 0.29) is 43.8 Å². The molecule has 0 aliphatic carbocycles. The number of fused-ring (bicyclic) bond motifs is 1. The molecule has 0 saturated carbocycles. The van der Waals surface area contributed by atoms with Crippen LogP contribution in [0.5, 0.6) is 11.5 Å². The summed E-state index contributed by atoms with van der Waals surface area (Å²) >= 11 is 13.3. The number of alkyl halides is 3. The SMILES string of the molecule is N[N+](=O)c1cc(Oc2cccc(Cl)c2)cc(-c2c(-c3cccs3)nc3c(Cl)cnn3c2C(F)(F)F)c1. The van der Waals surface area contributed by atoms with Gasteiger partial charge in [0, 0.05) is 16.7 Å². The normalized spacial score (nSPS) is 11.7. The maximum atomic E-state index is 14.6. The third-order valence-corrected chi connectivity index (χ3v) is 6.47. The molecule has 0 saturated heterocycles. The van der Waals surface area contributed by atoms with E-state index in [1.807, 2.05) is 0 Å². The highest BCUT2D eigenvalue weighted by atomic mass is 35.5. The monoisotopic (exact) mass is 550 g/mol. The smallest absolute Gasteiger partial charge is 0.434 e. The second-order valence-corrected chi connectivity index (χ2v) is 9.28. The molecule has 3 heterocycles. The van der Waals surface area contributed by atoms with Gasteiger partial charge in [-0.15, -0.1) is 11.3 Å². The van der Waals surface area contributed by atoms with Gasteiger partial charge < -0.3 is 4.74 Å². The van der Waals surface area contributed by atoms with Crippen LogP contribution < -0.4 is 10.6 Å². The maximum Gasteiger partial charge on any atom is 0.434 e. The quantitative estimate of drug-likeness (QED) is 0.139. The molecule has 0 atom stereocenters. The molecular weight excluding hydrogens is 538 g/mol. The van der Waals surface area contributed by atoms with Crippen LogP contribution in [0.4, 0.5) is 18.9 Å². The van der Waals surface area contributed by atoms with Crippen molar-refractivity contribution in [2.45, 2.75) is 6.18 Å². The minimum atomic E-state index is -4.87. The highest BCUT2D eigenvalue weighted by Gasteiger charge is 2.40. The van der Waals surface area contributed by atoms with Crippen molar-refractivity contribution < 1.29 is 22.8 Å². The molecule has 2 aromatic carbocycles. The van der Waals surface area contributed by atoms with Crippen LogP contribution in [0, 0.1) is 4.91 Å². The number of ether oxygens (including phenoxy) is 1. The summed E-state index contributed by atoms with van der Waals surface area (Å²) in [4.78, 5) is 17.0. The number of aromatic nitrogens is 3. The zero-order valence-corrected chi connectivity index (χ0v) is 20.2. The number of nitrogens with two attached hydrogens (primary N) is 1. The Morgan fingerprint density at radius 3 is 2.53 bits per heavy atom. The average molecular weight is 551 g/mol. The highest BCUT2D eigenvalue weighted by Crippen LogP contribution is 2.45. The predicted octanol–water partition coefficient (Wildman–Crippen LogP) is 7.53. The number of rotatable bonds is 5. The van der Waals surface area contributed by atoms with Crippen molar-refractivity contribution >= 4 is 45.9 Å². The molecule has 2 N–H and O–H groups in total. The van der Waals surface area contributed by atoms with Gasteiger partial charge in [0.1, 0.15) is 16.5 Å². The molecule has 0 radical (unpaired) electrons. The fraction of sp³-hybridized carbons (Fsp3) is 0.0435. The first-order chi connectivity index (χ1) is 17.1. The zero-order valence-electron chi connectivity index (χ0n) is 17.8. The summed E-state index contributed by atoms with van der Waals surface area (Å²) in [6.45, 7) is 0. The van der Waals surface area contributed by atoms with E-state index in [9.17, 15) is 18.1 Å². The molecule has 0 fully saturated rings. The molecule has 0 amide bonds. The van der Waals surface area contributed by atoms with Crippen LogP contribution in [-0.2, 0) is 6.18 Å². The first-order valence-corrected chi connectivity index (χ1v) is 11.7. The number of benzene rings is 2. The molecule has 0 aliphatic heterocycles. The highest BCUT2D eigenvalue weighted by molar-refractivity contribution is 7.13. The molecule has 5 rings (SSSR count). The number of nitroso groups, excluding NO2 is 1. The third-order valence-electron chi connectivity index (χ3n) is 5.09. The van der Waals surface area contributed by atoms with E-state index in [1.54, 1.807) is 35.7 Å². The second kappa shape index (κ2) is 9.08. The molecular formula is C23H13Cl2F3N5O2S+. The van der Waals surface area contributed by atoms with Gasteiger partial charge in [-0.05, 0) is 41.3 Å². The van der Waals surface area contributed by atoms with Crippen LogP contribution >= 0.6 is 34.5 Å². The van der Waals surface area contributed by atoms with Crippen molar-refractivity contribution in [2.24, 2.45) is 5.84 Å². The molecule has 13 heteroatoms. The molecule has 0 unspecified atom stereocenters. The Kier molecular flexibility index (Phi) is 6.07. The van der Waals surface area contributed by atoms with E-state index < -0.39 is 11.9 Å². The van der Waals surface area contributed by atoms with Crippen molar-refractivity contribution in [3.8, 4) is 33.2 Å². The number of thiophene rings is 1. The summed E-state index contributed by atoms with van der Waals surface area (Å²) < 4.78 is 50.2. The van der Waals surface area contributed by atoms with Crippen LogP contribution in [0.2, 0.25) is 10.0 Å². The zero-order chi connectivity index (χ0) is 25.6. The molecule has 0 aliphatic rings. The second-order valence-electron chi connectivity index (χ2n) is 7.49. The Bertz CT molecular complexity index is 1620. The van der Waals surface area contributed by atoms with Gasteiger partial charge in [-0.3, -0.25) is 0 Å². The lowest BCUT2D eigenvalue weighted by atomic mass is 9.99. The Morgan fingerprint density at radius 1 is 1.06 bits per heavy atom. The summed E-state index contributed by atoms with van der Waals surface area (Å²) in [6, 6.07) is 13.6. The van der Waals surface area contributed by atoms with E-state index >= 15 is 0 Å². The largest absolute Gasteiger partial charge is 0.457 e. The van der Waals surface area contributed by atoms with Gasteiger partial charge in [-0.25, -0.2) is 9.50 Å². The molecule has 0 spiro atoms. The molecule has 7 nitrogen and oxygen atoms in total. The molecule has 36 heavy (non-hydrogen) atoms. The van der Waals surface area contributed by atoms with E-state index in [2.05, 4.69) is 10.1 Å². The standard InChI is InChI=1S/C23H13Cl2F3N5O2S/c24-13-3-1-4-15(9-13)35-16-8-12(7-14(10-16)33(29)34)19-20(18-5-2-6-36-18)31-22-17(25)11-30-32(22)21(19)23(26,27)28/h1-11H,(H2,29,34)/q+1. The lowest BCUT2D eigenvalue weighted by Gasteiger charge is -2.18. The van der Waals surface area contributed by atoms with Crippen molar-refractivity contribution in [1.82, 2.24) is 14.6 Å². The van der Waals surface area contributed by atoms with Crippen molar-refractivity contribution in [3.05, 3.63) is 86.8 Å². The topological polar surface area (TPSA) is 85.5 Å². The van der Waals surface area contributed by atoms with Crippen molar-refractivity contribution in [1.29, 1.82) is 0 Å². The van der Waals surface area contributed by atoms with Crippen LogP contribution in [0.25, 0.3) is 27.3 Å². The molecule has 0 bridgehead atoms. The lowest BCUT2D eigenvalue weighted by molar-refractivity contribution is -0.474. The number of nitrogens with zero attached hydrogens (tertiary/aromatic N) is 4. The van der Waals surface area contributed by atoms with Gasteiger partial charge in [-0.2, -0.15) is 24.1 Å². The average Bonchev–Trinajstić information content (AvgIpc) is 3.47. The van der Waals surface area contributed by atoms with Crippen LogP contribution in [0.15, 0.2) is 66.2 Å². The number of halogens is 5. The van der Waals surface area contributed by atoms with Crippen molar-refractivity contribution in [3.63, 3.8) is 0 Å². The van der Waals surface area contributed by atoms with Gasteiger partial charge in [0.25, 0.3) is 5.69 Å². The molecule has 3 aromatic heterocycles. The van der Waals surface area contributed by atoms with Crippen LogP contribution in [-0.4, -0.2) is 19.5 Å². The van der Waals surface area contributed by atoms with Crippen molar-refractivity contribution in [2.75, 3.05) is 0 Å². The van der Waals surface area contributed by atoms with E-state index in [1.165, 1.54) is 35.6 Å². The van der Waals surface area contributed by atoms with Gasteiger partial charge >= 0.3 is 6.18 Å². The van der Waals surface area contributed by atoms with E-state index in [0.29, 0.717) is 20.2 Å². The summed E-state index contributed by atoms with van der Waals surface area (Å²) in [5, 5.41) is 5.86. The Labute approximate surface area is 215 Å². The summed E-state index contributed by atoms with van der Waals surface area (Å²) in [6.07, 6.45) is -3.79. The third kappa shape index (κ3) is 4.48. The molecule has 5 aromatic rings. The lowest BCUT2D eigenvalue weighted by Crippen LogP contribution is -2.17. The van der Waals surface area contributed by atoms with Crippen LogP contribution in [0.1, 0.15) is 5.69 Å². The number of hydrogen-bond acceptors (Lipinski definition) is 5. The van der Waals surface area contributed by atoms with Gasteiger partial charge in [-0.1, -0.05) is 35.3 Å². The Morgan fingerprint density at radius 2 is 1.86 bits per heavy atom. The first kappa shape index (κ1) is 24.0. The Balaban J connectivity index is 1.84. The van der Waals surface area contributed by atoms with E-state index in [0.717, 1.165) is 6.20 Å². The fourth-order valence-corrected chi connectivity index (χ4v) is 4.74. The minimum Gasteiger partial charge on any atom is -0.457 e. The van der Waals surface area contributed by atoms with Gasteiger partial charge in [0.05, 0.1) is 27.7 Å². The van der Waals surface area contributed by atoms with Crippen LogP contribution in [0.3, 0.4) is 0 Å². The predicted molar refractivity (Wildman–Crippen MR) is 131 cm³/mol. The van der Waals surface area contributed by atoms with E-state index in [4.69, 9.17) is 33.8 Å². The number of hydrazine groups is 1. The summed E-state index contributed by atoms with van der Waals surface area (Å²) in [5.74, 6) is 5.79. The summed E-state index contributed by atoms with van der Waals surface area (Å²) in [5.41, 5.74) is -1.76. The summed E-state index contributed by atoms with van der Waals surface area (Å²) in [7, 11) is 0. The molecule has 182 valence electrons. The first-order valence-electron chi connectivity index (χ1n) is 10.1. The maximum absolute atomic E-state index is 14.6.